The molecule has 0 amide bonds. The molecule has 1 aliphatic carbocycles. The summed E-state index contributed by atoms with van der Waals surface area (Å²) in [4.78, 5) is 11.4. The maximum atomic E-state index is 11.6. The molecule has 0 atom stereocenters. The first-order chi connectivity index (χ1) is 20.0. The molecule has 3 aromatic rings. The lowest BCUT2D eigenvalue weighted by molar-refractivity contribution is -0.140. The zero-order valence-electron chi connectivity index (χ0n) is 24.2. The molecule has 0 spiro atoms. The average Bonchev–Trinajstić information content (AvgIpc) is 3.18. The Labute approximate surface area is 247 Å². The molecule has 1 saturated heterocycles. The monoisotopic (exact) mass is 572 g/mol. The zero-order chi connectivity index (χ0) is 29.0. The van der Waals surface area contributed by atoms with E-state index in [1.807, 2.05) is 24.3 Å². The van der Waals surface area contributed by atoms with Gasteiger partial charge in [-0.25, -0.2) is 0 Å². The molecule has 2 aliphatic rings. The van der Waals surface area contributed by atoms with E-state index in [0.717, 1.165) is 66.2 Å². The number of methoxy groups -OCH3 is 1. The fourth-order valence-electron chi connectivity index (χ4n) is 5.27. The van der Waals surface area contributed by atoms with Crippen LogP contribution in [0.2, 0.25) is 0 Å². The highest BCUT2D eigenvalue weighted by atomic mass is 32.2. The number of rotatable bonds is 9. The molecule has 0 bridgehead atoms. The first-order valence-electron chi connectivity index (χ1n) is 14.4. The van der Waals surface area contributed by atoms with E-state index in [0.29, 0.717) is 32.0 Å². The molecule has 5 nitrogen and oxygen atoms in total. The van der Waals surface area contributed by atoms with Crippen LogP contribution in [0.5, 0.6) is 11.5 Å². The highest BCUT2D eigenvalue weighted by Crippen LogP contribution is 2.35. The summed E-state index contributed by atoms with van der Waals surface area (Å²) in [5.41, 5.74) is 7.52. The largest absolute Gasteiger partial charge is 0.493 e. The summed E-state index contributed by atoms with van der Waals surface area (Å²) in [7, 11) is 0.783. The summed E-state index contributed by atoms with van der Waals surface area (Å²) in [6.45, 7) is 2.86. The van der Waals surface area contributed by atoms with Crippen LogP contribution in [0.1, 0.15) is 54.9 Å². The fraction of sp³-hybridized carbons (Fsp3) is 0.400. The Morgan fingerprint density at radius 2 is 1.59 bits per heavy atom. The molecule has 1 fully saturated rings. The number of fused-ring (bicyclic) bond motifs is 3. The molecule has 216 valence electrons. The number of terminal acetylenes is 1. The van der Waals surface area contributed by atoms with E-state index in [4.69, 9.17) is 14.2 Å². The van der Waals surface area contributed by atoms with Crippen LogP contribution in [0, 0.1) is 18.3 Å². The van der Waals surface area contributed by atoms with Crippen molar-refractivity contribution in [2.45, 2.75) is 58.5 Å². The van der Waals surface area contributed by atoms with Gasteiger partial charge in [-0.2, -0.15) is 0 Å². The van der Waals surface area contributed by atoms with Gasteiger partial charge in [-0.1, -0.05) is 30.3 Å². The van der Waals surface area contributed by atoms with Crippen LogP contribution >= 0.6 is 0 Å². The highest BCUT2D eigenvalue weighted by Gasteiger charge is 2.20. The molecule has 0 aromatic heterocycles. The lowest BCUT2D eigenvalue weighted by Crippen LogP contribution is -2.23. The van der Waals surface area contributed by atoms with Crippen molar-refractivity contribution in [3.05, 3.63) is 82.9 Å². The van der Waals surface area contributed by atoms with Crippen LogP contribution in [-0.4, -0.2) is 35.4 Å². The first kappa shape index (κ1) is 30.4. The molecule has 0 saturated carbocycles. The Morgan fingerprint density at radius 1 is 0.902 bits per heavy atom. The van der Waals surface area contributed by atoms with Crippen LogP contribution in [-0.2, 0) is 46.2 Å². The SMILES string of the molecule is C#CC.COC(=O)CCc1ccc(OCc2ccc3c(c2)-c2ccc(OCC4CCS(=O)CC4)cc2CCC3)cc1. The predicted octanol–water partition coefficient (Wildman–Crippen LogP) is 6.70. The predicted molar refractivity (Wildman–Crippen MR) is 166 cm³/mol. The summed E-state index contributed by atoms with van der Waals surface area (Å²) in [6.07, 6.45) is 10.9. The second-order valence-electron chi connectivity index (χ2n) is 10.6. The van der Waals surface area contributed by atoms with Gasteiger partial charge in [-0.05, 0) is 115 Å². The molecule has 1 heterocycles. The van der Waals surface area contributed by atoms with E-state index >= 15 is 0 Å². The first-order valence-corrected chi connectivity index (χ1v) is 15.9. The number of carbonyl (C=O) groups excluding carboxylic acids is 1. The topological polar surface area (TPSA) is 61.8 Å². The lowest BCUT2D eigenvalue weighted by atomic mass is 9.95. The number of carbonyl (C=O) groups is 1. The molecule has 3 aromatic carbocycles. The van der Waals surface area contributed by atoms with Crippen LogP contribution in [0.3, 0.4) is 0 Å². The third kappa shape index (κ3) is 8.96. The highest BCUT2D eigenvalue weighted by molar-refractivity contribution is 7.85. The minimum atomic E-state index is -0.631. The molecule has 41 heavy (non-hydrogen) atoms. The molecular formula is C35H40O5S. The van der Waals surface area contributed by atoms with Gasteiger partial charge in [-0.3, -0.25) is 9.00 Å². The van der Waals surface area contributed by atoms with Crippen LogP contribution in [0.4, 0.5) is 0 Å². The summed E-state index contributed by atoms with van der Waals surface area (Å²) in [6, 6.07) is 21.1. The van der Waals surface area contributed by atoms with Crippen molar-refractivity contribution in [3.8, 4) is 35.0 Å². The van der Waals surface area contributed by atoms with E-state index in [2.05, 4.69) is 48.7 Å². The van der Waals surface area contributed by atoms with Gasteiger partial charge in [-0.15, -0.1) is 12.3 Å². The Balaban J connectivity index is 0.00000124. The summed E-state index contributed by atoms with van der Waals surface area (Å²) in [5.74, 6) is 5.93. The minimum Gasteiger partial charge on any atom is -0.493 e. The number of benzene rings is 3. The van der Waals surface area contributed by atoms with Crippen LogP contribution in [0.25, 0.3) is 11.1 Å². The average molecular weight is 573 g/mol. The fourth-order valence-corrected chi connectivity index (χ4v) is 6.67. The zero-order valence-corrected chi connectivity index (χ0v) is 25.0. The second-order valence-corrected chi connectivity index (χ2v) is 12.3. The van der Waals surface area contributed by atoms with Gasteiger partial charge in [0.25, 0.3) is 0 Å². The number of hydrogen-bond donors (Lipinski definition) is 0. The van der Waals surface area contributed by atoms with Gasteiger partial charge >= 0.3 is 5.97 Å². The van der Waals surface area contributed by atoms with E-state index in [-0.39, 0.29) is 5.97 Å². The van der Waals surface area contributed by atoms with Gasteiger partial charge in [0, 0.05) is 28.7 Å². The van der Waals surface area contributed by atoms with E-state index < -0.39 is 10.8 Å². The Morgan fingerprint density at radius 3 is 2.32 bits per heavy atom. The van der Waals surface area contributed by atoms with Gasteiger partial charge in [0.1, 0.15) is 18.1 Å². The van der Waals surface area contributed by atoms with Crippen molar-refractivity contribution in [2.24, 2.45) is 5.92 Å². The summed E-state index contributed by atoms with van der Waals surface area (Å²) in [5, 5.41) is 0. The Hall–Kier alpha value is -3.56. The van der Waals surface area contributed by atoms with Crippen molar-refractivity contribution in [1.29, 1.82) is 0 Å². The van der Waals surface area contributed by atoms with Crippen molar-refractivity contribution >= 4 is 16.8 Å². The molecule has 0 N–H and O–H groups in total. The Kier molecular flexibility index (Phi) is 11.5. The minimum absolute atomic E-state index is 0.196. The Bertz CT molecular complexity index is 1360. The number of esters is 1. The summed E-state index contributed by atoms with van der Waals surface area (Å²) >= 11 is 0. The number of ether oxygens (including phenoxy) is 3. The van der Waals surface area contributed by atoms with Crippen molar-refractivity contribution < 1.29 is 23.2 Å². The van der Waals surface area contributed by atoms with Crippen molar-refractivity contribution in [2.75, 3.05) is 25.2 Å². The molecule has 5 rings (SSSR count). The summed E-state index contributed by atoms with van der Waals surface area (Å²) < 4.78 is 28.6. The van der Waals surface area contributed by atoms with Gasteiger partial charge in [0.15, 0.2) is 0 Å². The van der Waals surface area contributed by atoms with E-state index in [1.165, 1.54) is 29.4 Å². The molecular weight excluding hydrogens is 532 g/mol. The lowest BCUT2D eigenvalue weighted by Gasteiger charge is -2.22. The normalized spacial score (nSPS) is 17.4. The van der Waals surface area contributed by atoms with Gasteiger partial charge < -0.3 is 14.2 Å². The second kappa shape index (κ2) is 15.4. The molecule has 0 radical (unpaired) electrons. The van der Waals surface area contributed by atoms with Crippen molar-refractivity contribution in [1.82, 2.24) is 0 Å². The quantitative estimate of drug-likeness (QED) is 0.211. The maximum absolute atomic E-state index is 11.6. The van der Waals surface area contributed by atoms with E-state index in [9.17, 15) is 9.00 Å². The van der Waals surface area contributed by atoms with Gasteiger partial charge in [0.2, 0.25) is 0 Å². The standard InChI is InChI=1S/C32H36O5S.C3H4/c1-35-32(33)14-8-23-6-10-28(11-7-23)36-22-25-5-9-26-3-2-4-27-20-29(12-13-30(27)31(26)19-25)37-21-24-15-17-38(34)18-16-24;1-3-2/h5-7,9-13,19-20,24H,2-4,8,14-18,21-22H2,1H3;1H,2H3. The maximum Gasteiger partial charge on any atom is 0.305 e. The van der Waals surface area contributed by atoms with E-state index in [1.54, 1.807) is 6.92 Å². The molecule has 0 unspecified atom stereocenters. The van der Waals surface area contributed by atoms with Gasteiger partial charge in [0.05, 0.1) is 13.7 Å². The number of hydrogen-bond acceptors (Lipinski definition) is 5. The third-order valence-corrected chi connectivity index (χ3v) is 8.98. The van der Waals surface area contributed by atoms with Crippen molar-refractivity contribution in [3.63, 3.8) is 0 Å². The third-order valence-electron chi connectivity index (χ3n) is 7.60. The van der Waals surface area contributed by atoms with Crippen LogP contribution < -0.4 is 9.47 Å². The van der Waals surface area contributed by atoms with Crippen LogP contribution in [0.15, 0.2) is 60.7 Å². The number of aryl methyl sites for hydroxylation is 3. The smallest absolute Gasteiger partial charge is 0.305 e. The molecule has 1 aliphatic heterocycles. The molecule has 6 heteroatoms.